The Morgan fingerprint density at radius 3 is 2.43 bits per heavy atom. The highest BCUT2D eigenvalue weighted by atomic mass is 19.1. The molecule has 1 rings (SSSR count). The van der Waals surface area contributed by atoms with Gasteiger partial charge in [0.15, 0.2) is 0 Å². The molecule has 0 heterocycles. The molecule has 78 valence electrons. The number of nitrogens with two attached hydrogens (primary N) is 1. The number of unbranched alkanes of at least 4 members (excludes halogenated alkanes) is 2. The van der Waals surface area contributed by atoms with Crippen LogP contribution in [0, 0.1) is 5.82 Å². The molecule has 0 radical (unpaired) electrons. The molecule has 0 bridgehead atoms. The topological polar surface area (TPSA) is 26.0 Å². The molecule has 0 spiro atoms. The molecule has 1 nitrogen and oxygen atoms in total. The normalized spacial score (nSPS) is 12.8. The number of hydrogen-bond donors (Lipinski definition) is 1. The lowest BCUT2D eigenvalue weighted by atomic mass is 10.0. The minimum Gasteiger partial charge on any atom is -0.324 e. The second kappa shape index (κ2) is 5.76. The molecule has 0 saturated carbocycles. The van der Waals surface area contributed by atoms with Crippen LogP contribution in [0.25, 0.3) is 0 Å². The summed E-state index contributed by atoms with van der Waals surface area (Å²) >= 11 is 0. The van der Waals surface area contributed by atoms with Crippen molar-refractivity contribution in [3.8, 4) is 0 Å². The molecular weight excluding hydrogens is 177 g/mol. The molecule has 0 unspecified atom stereocenters. The van der Waals surface area contributed by atoms with Gasteiger partial charge in [-0.1, -0.05) is 38.3 Å². The Hall–Kier alpha value is -0.890. The van der Waals surface area contributed by atoms with Gasteiger partial charge < -0.3 is 5.73 Å². The maximum absolute atomic E-state index is 12.6. The van der Waals surface area contributed by atoms with Crippen LogP contribution in [-0.4, -0.2) is 0 Å². The summed E-state index contributed by atoms with van der Waals surface area (Å²) in [5.74, 6) is -0.200. The first-order chi connectivity index (χ1) is 6.74. The SMILES string of the molecule is CCCCC[C@H](N)c1ccc(F)cc1. The van der Waals surface area contributed by atoms with Crippen LogP contribution in [0.3, 0.4) is 0 Å². The quantitative estimate of drug-likeness (QED) is 0.716. The monoisotopic (exact) mass is 195 g/mol. The van der Waals surface area contributed by atoms with Crippen molar-refractivity contribution in [2.45, 2.75) is 38.6 Å². The first-order valence-corrected chi connectivity index (χ1v) is 5.25. The van der Waals surface area contributed by atoms with E-state index in [-0.39, 0.29) is 11.9 Å². The molecule has 2 N–H and O–H groups in total. The first kappa shape index (κ1) is 11.2. The van der Waals surface area contributed by atoms with Crippen molar-refractivity contribution in [3.63, 3.8) is 0 Å². The van der Waals surface area contributed by atoms with Gasteiger partial charge in [-0.2, -0.15) is 0 Å². The Morgan fingerprint density at radius 1 is 1.21 bits per heavy atom. The van der Waals surface area contributed by atoms with Crippen LogP contribution >= 0.6 is 0 Å². The van der Waals surface area contributed by atoms with Crippen LogP contribution in [-0.2, 0) is 0 Å². The second-order valence-electron chi connectivity index (χ2n) is 3.65. The van der Waals surface area contributed by atoms with Crippen LogP contribution in [0.2, 0.25) is 0 Å². The summed E-state index contributed by atoms with van der Waals surface area (Å²) < 4.78 is 12.6. The number of benzene rings is 1. The predicted molar refractivity (Wildman–Crippen MR) is 57.5 cm³/mol. The predicted octanol–water partition coefficient (Wildman–Crippen LogP) is 3.41. The van der Waals surface area contributed by atoms with Crippen molar-refractivity contribution in [3.05, 3.63) is 35.6 Å². The van der Waals surface area contributed by atoms with Crippen molar-refractivity contribution in [2.24, 2.45) is 5.73 Å². The Labute approximate surface area is 85.1 Å². The number of halogens is 1. The minimum absolute atomic E-state index is 0.0575. The van der Waals surface area contributed by atoms with Crippen LogP contribution in [0.1, 0.15) is 44.2 Å². The Bertz CT molecular complexity index is 256. The zero-order valence-corrected chi connectivity index (χ0v) is 8.67. The van der Waals surface area contributed by atoms with E-state index in [1.165, 1.54) is 25.0 Å². The fourth-order valence-corrected chi connectivity index (χ4v) is 1.49. The van der Waals surface area contributed by atoms with E-state index in [0.29, 0.717) is 0 Å². The van der Waals surface area contributed by atoms with Gasteiger partial charge >= 0.3 is 0 Å². The zero-order chi connectivity index (χ0) is 10.4. The van der Waals surface area contributed by atoms with E-state index in [1.54, 1.807) is 12.1 Å². The summed E-state index contributed by atoms with van der Waals surface area (Å²) in [6, 6.07) is 6.53. The molecule has 1 aromatic carbocycles. The van der Waals surface area contributed by atoms with E-state index in [2.05, 4.69) is 6.92 Å². The van der Waals surface area contributed by atoms with Crippen LogP contribution in [0.15, 0.2) is 24.3 Å². The summed E-state index contributed by atoms with van der Waals surface area (Å²) in [4.78, 5) is 0. The van der Waals surface area contributed by atoms with E-state index in [0.717, 1.165) is 18.4 Å². The standard InChI is InChI=1S/C12H18FN/c1-2-3-4-5-12(14)10-6-8-11(13)9-7-10/h6-9,12H,2-5,14H2,1H3/t12-/m0/s1. The molecule has 1 atom stereocenters. The molecule has 0 aliphatic carbocycles. The Morgan fingerprint density at radius 2 is 1.86 bits per heavy atom. The summed E-state index contributed by atoms with van der Waals surface area (Å²) in [6.45, 7) is 2.17. The Kier molecular flexibility index (Phi) is 4.60. The molecule has 0 saturated heterocycles. The molecule has 0 amide bonds. The minimum atomic E-state index is -0.200. The lowest BCUT2D eigenvalue weighted by Gasteiger charge is -2.11. The second-order valence-corrected chi connectivity index (χ2v) is 3.65. The van der Waals surface area contributed by atoms with Gasteiger partial charge in [0.2, 0.25) is 0 Å². The van der Waals surface area contributed by atoms with Gasteiger partial charge in [0.05, 0.1) is 0 Å². The highest BCUT2D eigenvalue weighted by Crippen LogP contribution is 2.17. The van der Waals surface area contributed by atoms with Gasteiger partial charge in [0.25, 0.3) is 0 Å². The van der Waals surface area contributed by atoms with Crippen molar-refractivity contribution < 1.29 is 4.39 Å². The average molecular weight is 195 g/mol. The van der Waals surface area contributed by atoms with Gasteiger partial charge in [0.1, 0.15) is 5.82 Å². The molecule has 0 aromatic heterocycles. The highest BCUT2D eigenvalue weighted by molar-refractivity contribution is 5.19. The fourth-order valence-electron chi connectivity index (χ4n) is 1.49. The molecular formula is C12H18FN. The van der Waals surface area contributed by atoms with Crippen LogP contribution in [0.4, 0.5) is 4.39 Å². The number of hydrogen-bond acceptors (Lipinski definition) is 1. The highest BCUT2D eigenvalue weighted by Gasteiger charge is 2.04. The van der Waals surface area contributed by atoms with E-state index >= 15 is 0 Å². The van der Waals surface area contributed by atoms with E-state index in [4.69, 9.17) is 5.73 Å². The largest absolute Gasteiger partial charge is 0.324 e. The molecule has 0 aliphatic rings. The van der Waals surface area contributed by atoms with E-state index in [1.807, 2.05) is 0 Å². The van der Waals surface area contributed by atoms with Crippen molar-refractivity contribution in [1.29, 1.82) is 0 Å². The summed E-state index contributed by atoms with van der Waals surface area (Å²) in [6.07, 6.45) is 4.56. The zero-order valence-electron chi connectivity index (χ0n) is 8.67. The molecule has 1 aromatic rings. The maximum Gasteiger partial charge on any atom is 0.123 e. The van der Waals surface area contributed by atoms with Crippen molar-refractivity contribution in [1.82, 2.24) is 0 Å². The van der Waals surface area contributed by atoms with Gasteiger partial charge in [-0.15, -0.1) is 0 Å². The third kappa shape index (κ3) is 3.46. The molecule has 14 heavy (non-hydrogen) atoms. The molecule has 0 fully saturated rings. The molecule has 0 aliphatic heterocycles. The van der Waals surface area contributed by atoms with E-state index in [9.17, 15) is 4.39 Å². The lowest BCUT2D eigenvalue weighted by Crippen LogP contribution is -2.09. The average Bonchev–Trinajstić information content (AvgIpc) is 2.19. The number of rotatable bonds is 5. The van der Waals surface area contributed by atoms with Crippen LogP contribution in [0.5, 0.6) is 0 Å². The third-order valence-corrected chi connectivity index (χ3v) is 2.42. The van der Waals surface area contributed by atoms with Gasteiger partial charge in [0, 0.05) is 6.04 Å². The van der Waals surface area contributed by atoms with E-state index < -0.39 is 0 Å². The van der Waals surface area contributed by atoms with Gasteiger partial charge in [-0.3, -0.25) is 0 Å². The Balaban J connectivity index is 2.43. The smallest absolute Gasteiger partial charge is 0.123 e. The summed E-state index contributed by atoms with van der Waals surface area (Å²) in [7, 11) is 0. The maximum atomic E-state index is 12.6. The van der Waals surface area contributed by atoms with Gasteiger partial charge in [-0.05, 0) is 24.1 Å². The lowest BCUT2D eigenvalue weighted by molar-refractivity contribution is 0.578. The van der Waals surface area contributed by atoms with Crippen molar-refractivity contribution >= 4 is 0 Å². The third-order valence-electron chi connectivity index (χ3n) is 2.42. The van der Waals surface area contributed by atoms with Gasteiger partial charge in [-0.25, -0.2) is 4.39 Å². The van der Waals surface area contributed by atoms with Crippen LogP contribution < -0.4 is 5.73 Å². The fraction of sp³-hybridized carbons (Fsp3) is 0.500. The first-order valence-electron chi connectivity index (χ1n) is 5.25. The van der Waals surface area contributed by atoms with Crippen molar-refractivity contribution in [2.75, 3.05) is 0 Å². The molecule has 2 heteroatoms. The summed E-state index contributed by atoms with van der Waals surface area (Å²) in [5, 5.41) is 0. The summed E-state index contributed by atoms with van der Waals surface area (Å²) in [5.41, 5.74) is 6.99.